The number of nitrogens with one attached hydrogen (secondary N) is 2. The molecule has 0 spiro atoms. The van der Waals surface area contributed by atoms with Crippen molar-refractivity contribution in [3.63, 3.8) is 0 Å². The largest absolute Gasteiger partial charge is 0.508 e. The molecule has 0 radical (unpaired) electrons. The monoisotopic (exact) mass is 420 g/mol. The highest BCUT2D eigenvalue weighted by Crippen LogP contribution is 2.24. The Balaban J connectivity index is 1.74. The van der Waals surface area contributed by atoms with E-state index in [2.05, 4.69) is 20.2 Å². The molecule has 1 amide bonds. The molecule has 0 aliphatic carbocycles. The average molecular weight is 421 g/mol. The van der Waals surface area contributed by atoms with Gasteiger partial charge in [-0.25, -0.2) is 4.79 Å². The number of aromatic hydroxyl groups is 1. The van der Waals surface area contributed by atoms with Crippen LogP contribution in [-0.2, 0) is 6.42 Å². The standard InChI is InChI=1S/C24H28N4O3/c1-16-12-18(8-9-22(16)29)21-15-20(26-24(31)27-21)14-17-6-4-7-19(13-17)23(30)25-10-5-11-28(2)3/h4,6-9,12-13,15,29H,5,10-11,14H2,1-3H3,(H,25,30)(H,26,27,31). The Morgan fingerprint density at radius 1 is 1.16 bits per heavy atom. The molecule has 0 unspecified atom stereocenters. The van der Waals surface area contributed by atoms with E-state index >= 15 is 0 Å². The van der Waals surface area contributed by atoms with Crippen molar-refractivity contribution >= 4 is 5.91 Å². The van der Waals surface area contributed by atoms with Crippen molar-refractivity contribution in [2.24, 2.45) is 0 Å². The second kappa shape index (κ2) is 10.0. The van der Waals surface area contributed by atoms with Gasteiger partial charge >= 0.3 is 5.69 Å². The minimum absolute atomic E-state index is 0.107. The van der Waals surface area contributed by atoms with Gasteiger partial charge in [0.05, 0.1) is 5.69 Å². The third-order valence-corrected chi connectivity index (χ3v) is 4.94. The highest BCUT2D eigenvalue weighted by Gasteiger charge is 2.09. The molecule has 31 heavy (non-hydrogen) atoms. The van der Waals surface area contributed by atoms with Crippen molar-refractivity contribution in [1.29, 1.82) is 0 Å². The fourth-order valence-corrected chi connectivity index (χ4v) is 3.31. The van der Waals surface area contributed by atoms with Crippen molar-refractivity contribution < 1.29 is 9.90 Å². The summed E-state index contributed by atoms with van der Waals surface area (Å²) in [5, 5.41) is 12.7. The maximum Gasteiger partial charge on any atom is 0.345 e. The van der Waals surface area contributed by atoms with Crippen molar-refractivity contribution in [1.82, 2.24) is 20.2 Å². The lowest BCUT2D eigenvalue weighted by Gasteiger charge is -2.10. The average Bonchev–Trinajstić information content (AvgIpc) is 2.72. The summed E-state index contributed by atoms with van der Waals surface area (Å²) < 4.78 is 0. The first-order chi connectivity index (χ1) is 14.8. The Labute approximate surface area is 181 Å². The summed E-state index contributed by atoms with van der Waals surface area (Å²) in [7, 11) is 4.01. The van der Waals surface area contributed by atoms with Gasteiger partial charge in [0.1, 0.15) is 5.75 Å². The van der Waals surface area contributed by atoms with E-state index in [1.54, 1.807) is 31.2 Å². The van der Waals surface area contributed by atoms with Crippen molar-refractivity contribution in [2.45, 2.75) is 19.8 Å². The van der Waals surface area contributed by atoms with E-state index < -0.39 is 5.69 Å². The molecule has 1 heterocycles. The molecule has 3 aromatic rings. The Hall–Kier alpha value is -3.45. The molecule has 7 nitrogen and oxygen atoms in total. The first kappa shape index (κ1) is 22.2. The van der Waals surface area contributed by atoms with Crippen LogP contribution in [0.1, 0.15) is 33.6 Å². The summed E-state index contributed by atoms with van der Waals surface area (Å²) in [6.45, 7) is 3.33. The van der Waals surface area contributed by atoms with E-state index in [0.717, 1.165) is 24.1 Å². The zero-order valence-corrected chi connectivity index (χ0v) is 18.1. The van der Waals surface area contributed by atoms with Crippen LogP contribution in [0.2, 0.25) is 0 Å². The number of H-pyrrole nitrogens is 1. The van der Waals surface area contributed by atoms with Crippen LogP contribution in [0.25, 0.3) is 11.3 Å². The van der Waals surface area contributed by atoms with Crippen LogP contribution in [-0.4, -0.2) is 53.1 Å². The first-order valence-electron chi connectivity index (χ1n) is 10.2. The first-order valence-corrected chi connectivity index (χ1v) is 10.2. The van der Waals surface area contributed by atoms with Gasteiger partial charge in [-0.2, -0.15) is 4.98 Å². The van der Waals surface area contributed by atoms with Crippen molar-refractivity contribution in [2.75, 3.05) is 27.2 Å². The van der Waals surface area contributed by atoms with Crippen LogP contribution in [0, 0.1) is 6.92 Å². The number of aromatic amines is 1. The highest BCUT2D eigenvalue weighted by atomic mass is 16.3. The van der Waals surface area contributed by atoms with E-state index in [-0.39, 0.29) is 11.7 Å². The van der Waals surface area contributed by atoms with Gasteiger partial charge in [0.15, 0.2) is 0 Å². The van der Waals surface area contributed by atoms with Crippen molar-refractivity contribution in [3.8, 4) is 17.0 Å². The molecule has 1 aromatic heterocycles. The molecule has 0 bridgehead atoms. The molecule has 0 atom stereocenters. The number of rotatable bonds is 8. The normalized spacial score (nSPS) is 11.0. The number of amides is 1. The van der Waals surface area contributed by atoms with Gasteiger partial charge in [-0.1, -0.05) is 12.1 Å². The number of aromatic nitrogens is 2. The van der Waals surface area contributed by atoms with Crippen LogP contribution in [0.4, 0.5) is 0 Å². The molecule has 0 saturated carbocycles. The molecule has 0 aliphatic rings. The lowest BCUT2D eigenvalue weighted by Crippen LogP contribution is -2.27. The number of benzene rings is 2. The Morgan fingerprint density at radius 2 is 1.97 bits per heavy atom. The summed E-state index contributed by atoms with van der Waals surface area (Å²) >= 11 is 0. The van der Waals surface area contributed by atoms with Gasteiger partial charge in [-0.3, -0.25) is 4.79 Å². The smallest absolute Gasteiger partial charge is 0.345 e. The fraction of sp³-hybridized carbons (Fsp3) is 0.292. The van der Waals surface area contributed by atoms with E-state index in [1.165, 1.54) is 0 Å². The third kappa shape index (κ3) is 6.26. The Bertz CT molecular complexity index is 1120. The van der Waals surface area contributed by atoms with Gasteiger partial charge < -0.3 is 20.3 Å². The van der Waals surface area contributed by atoms with E-state index in [4.69, 9.17) is 0 Å². The maximum absolute atomic E-state index is 12.4. The number of hydrogen-bond acceptors (Lipinski definition) is 5. The van der Waals surface area contributed by atoms with E-state index in [1.807, 2.05) is 38.4 Å². The molecule has 162 valence electrons. The second-order valence-electron chi connectivity index (χ2n) is 7.89. The number of carbonyl (C=O) groups is 1. The Kier molecular flexibility index (Phi) is 7.20. The van der Waals surface area contributed by atoms with E-state index in [9.17, 15) is 14.7 Å². The minimum Gasteiger partial charge on any atom is -0.508 e. The van der Waals surface area contributed by atoms with Gasteiger partial charge in [0, 0.05) is 29.8 Å². The fourth-order valence-electron chi connectivity index (χ4n) is 3.31. The number of nitrogens with zero attached hydrogens (tertiary/aromatic N) is 2. The minimum atomic E-state index is -0.437. The molecule has 7 heteroatoms. The van der Waals surface area contributed by atoms with Gasteiger partial charge in [-0.15, -0.1) is 0 Å². The number of hydrogen-bond donors (Lipinski definition) is 3. The Morgan fingerprint density at radius 3 is 2.71 bits per heavy atom. The predicted octanol–water partition coefficient (Wildman–Crippen LogP) is 2.72. The van der Waals surface area contributed by atoms with Crippen LogP contribution in [0.15, 0.2) is 53.3 Å². The van der Waals surface area contributed by atoms with Crippen LogP contribution < -0.4 is 11.0 Å². The van der Waals surface area contributed by atoms with Gasteiger partial charge in [0.25, 0.3) is 5.91 Å². The molecule has 0 saturated heterocycles. The molecular formula is C24H28N4O3. The topological polar surface area (TPSA) is 98.3 Å². The van der Waals surface area contributed by atoms with Crippen LogP contribution >= 0.6 is 0 Å². The maximum atomic E-state index is 12.4. The number of carbonyl (C=O) groups excluding carboxylic acids is 1. The molecular weight excluding hydrogens is 392 g/mol. The summed E-state index contributed by atoms with van der Waals surface area (Å²) in [5.74, 6) is 0.0923. The van der Waals surface area contributed by atoms with Crippen LogP contribution in [0.3, 0.4) is 0 Å². The molecule has 0 aliphatic heterocycles. The zero-order valence-electron chi connectivity index (χ0n) is 18.1. The number of aryl methyl sites for hydroxylation is 1. The summed E-state index contributed by atoms with van der Waals surface area (Å²) in [6.07, 6.45) is 1.35. The predicted molar refractivity (Wildman–Crippen MR) is 121 cm³/mol. The number of phenolic OH excluding ortho intramolecular Hbond substituents is 1. The molecule has 2 aromatic carbocycles. The third-order valence-electron chi connectivity index (χ3n) is 4.94. The molecule has 3 N–H and O–H groups in total. The van der Waals surface area contributed by atoms with Crippen LogP contribution in [0.5, 0.6) is 5.75 Å². The van der Waals surface area contributed by atoms with Crippen molar-refractivity contribution in [3.05, 3.63) is 81.4 Å². The zero-order chi connectivity index (χ0) is 22.4. The SMILES string of the molecule is Cc1cc(-c2cc(Cc3cccc(C(=O)NCCCN(C)C)c3)[nH]c(=O)n2)ccc1O. The quantitative estimate of drug-likeness (QED) is 0.487. The second-order valence-corrected chi connectivity index (χ2v) is 7.89. The van der Waals surface area contributed by atoms with Gasteiger partial charge in [0.2, 0.25) is 0 Å². The highest BCUT2D eigenvalue weighted by molar-refractivity contribution is 5.94. The lowest BCUT2D eigenvalue weighted by atomic mass is 10.0. The number of phenols is 1. The summed E-state index contributed by atoms with van der Waals surface area (Å²) in [6, 6.07) is 14.3. The summed E-state index contributed by atoms with van der Waals surface area (Å²) in [4.78, 5) is 33.5. The lowest BCUT2D eigenvalue weighted by molar-refractivity contribution is 0.0952. The molecule has 3 rings (SSSR count). The van der Waals surface area contributed by atoms with E-state index in [0.29, 0.717) is 35.5 Å². The van der Waals surface area contributed by atoms with Gasteiger partial charge in [-0.05, 0) is 81.5 Å². The molecule has 0 fully saturated rings. The summed E-state index contributed by atoms with van der Waals surface area (Å²) in [5.41, 5.74) is 3.77.